The van der Waals surface area contributed by atoms with Crippen LogP contribution >= 0.6 is 22.6 Å². The molecule has 0 unspecified atom stereocenters. The summed E-state index contributed by atoms with van der Waals surface area (Å²) in [7, 11) is 6.38. The van der Waals surface area contributed by atoms with Crippen molar-refractivity contribution in [3.63, 3.8) is 0 Å². The van der Waals surface area contributed by atoms with Crippen molar-refractivity contribution in [3.8, 4) is 0 Å². The van der Waals surface area contributed by atoms with Crippen LogP contribution in [-0.4, -0.2) is 75.6 Å². The molecule has 0 bridgehead atoms. The first kappa shape index (κ1) is 21.1. The van der Waals surface area contributed by atoms with Crippen LogP contribution in [0.2, 0.25) is 0 Å². The number of rotatable bonds is 10. The predicted molar refractivity (Wildman–Crippen MR) is 74.4 cm³/mol. The zero-order valence-electron chi connectivity index (χ0n) is 11.3. The second-order valence-corrected chi connectivity index (χ2v) is 5.36. The summed E-state index contributed by atoms with van der Waals surface area (Å²) in [6, 6.07) is 0. The Morgan fingerprint density at radius 3 is 2.00 bits per heavy atom. The fraction of sp³-hybridized carbons (Fsp3) is 0.909. The van der Waals surface area contributed by atoms with Gasteiger partial charge >= 0.3 is 5.97 Å². The number of halogens is 2. The van der Waals surface area contributed by atoms with Gasteiger partial charge in [0.2, 0.25) is 0 Å². The maximum Gasteiger partial charge on any atom is 0.315 e. The summed E-state index contributed by atoms with van der Waals surface area (Å²) in [5.41, 5.74) is 0. The van der Waals surface area contributed by atoms with E-state index in [1.807, 2.05) is 22.6 Å². The van der Waals surface area contributed by atoms with Crippen molar-refractivity contribution >= 4 is 28.6 Å². The molecule has 0 aliphatic carbocycles. The molecule has 0 aromatic heterocycles. The van der Waals surface area contributed by atoms with Gasteiger partial charge in [0.25, 0.3) is 0 Å². The molecule has 0 rings (SSSR count). The van der Waals surface area contributed by atoms with Crippen LogP contribution in [0.4, 0.5) is 0 Å². The van der Waals surface area contributed by atoms with Gasteiger partial charge in [-0.05, 0) is 0 Å². The average Bonchev–Trinajstić information content (AvgIpc) is 2.25. The van der Waals surface area contributed by atoms with Crippen LogP contribution in [0, 0.1) is 0 Å². The number of carbonyl (C=O) groups is 1. The van der Waals surface area contributed by atoms with Crippen LogP contribution in [0.15, 0.2) is 0 Å². The molecule has 0 spiro atoms. The van der Waals surface area contributed by atoms with E-state index in [-0.39, 0.29) is 29.9 Å². The Morgan fingerprint density at radius 2 is 1.50 bits per heavy atom. The fourth-order valence-corrected chi connectivity index (χ4v) is 1.13. The van der Waals surface area contributed by atoms with Gasteiger partial charge in [0.05, 0.1) is 52.0 Å². The number of hydrogen-bond donors (Lipinski definition) is 0. The Hall–Kier alpha value is 0.810. The van der Waals surface area contributed by atoms with Gasteiger partial charge in [-0.15, -0.1) is 0 Å². The SMILES string of the molecule is C[N+](C)(C)CCOCCOCCOC(=O)CI.[I-]. The lowest BCUT2D eigenvalue weighted by Crippen LogP contribution is -3.00. The number of likely N-dealkylation sites (N-methyl/N-ethyl adjacent to an activating group) is 1. The van der Waals surface area contributed by atoms with E-state index in [1.54, 1.807) is 0 Å². The molecule has 0 atom stereocenters. The topological polar surface area (TPSA) is 44.8 Å². The molecule has 0 aromatic carbocycles. The third-order valence-corrected chi connectivity index (χ3v) is 2.50. The summed E-state index contributed by atoms with van der Waals surface area (Å²) in [6.45, 7) is 3.59. The maximum absolute atomic E-state index is 10.8. The first-order valence-electron chi connectivity index (χ1n) is 5.63. The van der Waals surface area contributed by atoms with Crippen LogP contribution in [0.3, 0.4) is 0 Å². The van der Waals surface area contributed by atoms with E-state index in [9.17, 15) is 4.79 Å². The Balaban J connectivity index is 0. The molecule has 18 heavy (non-hydrogen) atoms. The highest BCUT2D eigenvalue weighted by molar-refractivity contribution is 14.1. The molecule has 0 N–H and O–H groups in total. The lowest BCUT2D eigenvalue weighted by atomic mass is 10.5. The van der Waals surface area contributed by atoms with Crippen LogP contribution in [-0.2, 0) is 19.0 Å². The van der Waals surface area contributed by atoms with E-state index < -0.39 is 0 Å². The largest absolute Gasteiger partial charge is 1.00 e. The Kier molecular flexibility index (Phi) is 15.0. The van der Waals surface area contributed by atoms with Crippen LogP contribution < -0.4 is 24.0 Å². The molecule has 0 fully saturated rings. The Labute approximate surface area is 140 Å². The molecule has 110 valence electrons. The third-order valence-electron chi connectivity index (χ3n) is 1.88. The van der Waals surface area contributed by atoms with Gasteiger partial charge < -0.3 is 42.7 Å². The first-order valence-corrected chi connectivity index (χ1v) is 7.16. The maximum atomic E-state index is 10.8. The van der Waals surface area contributed by atoms with Crippen molar-refractivity contribution in [2.75, 3.05) is 65.1 Å². The van der Waals surface area contributed by atoms with E-state index in [4.69, 9.17) is 14.2 Å². The van der Waals surface area contributed by atoms with E-state index in [2.05, 4.69) is 21.1 Å². The minimum Gasteiger partial charge on any atom is -1.00 e. The van der Waals surface area contributed by atoms with Gasteiger partial charge in [-0.25, -0.2) is 0 Å². The molecule has 0 aromatic rings. The van der Waals surface area contributed by atoms with E-state index in [1.165, 1.54) is 0 Å². The van der Waals surface area contributed by atoms with Gasteiger partial charge in [-0.1, -0.05) is 22.6 Å². The molecule has 0 amide bonds. The molecule has 0 saturated heterocycles. The number of hydrogen-bond acceptors (Lipinski definition) is 4. The van der Waals surface area contributed by atoms with Gasteiger partial charge in [-0.3, -0.25) is 4.79 Å². The summed E-state index contributed by atoms with van der Waals surface area (Å²) in [5, 5.41) is 0. The van der Waals surface area contributed by atoms with Crippen molar-refractivity contribution in [3.05, 3.63) is 0 Å². The lowest BCUT2D eigenvalue weighted by Gasteiger charge is -2.23. The summed E-state index contributed by atoms with van der Waals surface area (Å²) in [4.78, 5) is 10.8. The number of esters is 1. The lowest BCUT2D eigenvalue weighted by molar-refractivity contribution is -0.870. The summed E-state index contributed by atoms with van der Waals surface area (Å²) in [6.07, 6.45) is 0. The molecule has 0 saturated carbocycles. The standard InChI is InChI=1S/C11H23INO4.HI/c1-13(2,3)4-5-15-6-7-16-8-9-17-11(14)10-12;/h4-10H2,1-3H3;1H/q+1;/p-1. The van der Waals surface area contributed by atoms with Crippen molar-refractivity contribution < 1.29 is 47.5 Å². The highest BCUT2D eigenvalue weighted by atomic mass is 127. The van der Waals surface area contributed by atoms with Crippen molar-refractivity contribution in [1.29, 1.82) is 0 Å². The molecule has 0 aliphatic heterocycles. The smallest absolute Gasteiger partial charge is 0.315 e. The number of nitrogens with zero attached hydrogens (tertiary/aromatic N) is 1. The minimum absolute atomic E-state index is 0. The third kappa shape index (κ3) is 16.8. The zero-order chi connectivity index (χ0) is 13.1. The predicted octanol–water partition coefficient (Wildman–Crippen LogP) is -2.29. The zero-order valence-corrected chi connectivity index (χ0v) is 15.6. The van der Waals surface area contributed by atoms with Crippen molar-refractivity contribution in [2.45, 2.75) is 0 Å². The molecule has 0 heterocycles. The van der Waals surface area contributed by atoms with Gasteiger partial charge in [0, 0.05) is 0 Å². The molecule has 5 nitrogen and oxygen atoms in total. The Morgan fingerprint density at radius 1 is 1.00 bits per heavy atom. The fourth-order valence-electron chi connectivity index (χ4n) is 0.913. The number of carbonyl (C=O) groups excluding carboxylic acids is 1. The summed E-state index contributed by atoms with van der Waals surface area (Å²) < 4.78 is 16.8. The molecule has 0 aliphatic rings. The van der Waals surface area contributed by atoms with Crippen LogP contribution in [0.5, 0.6) is 0 Å². The summed E-state index contributed by atoms with van der Waals surface area (Å²) in [5.74, 6) is -0.201. The Bertz CT molecular complexity index is 210. The normalized spacial score (nSPS) is 10.9. The monoisotopic (exact) mass is 487 g/mol. The van der Waals surface area contributed by atoms with Gasteiger partial charge in [0.15, 0.2) is 0 Å². The van der Waals surface area contributed by atoms with Crippen LogP contribution in [0.1, 0.15) is 0 Å². The van der Waals surface area contributed by atoms with E-state index in [0.29, 0.717) is 30.9 Å². The minimum atomic E-state index is -0.201. The molecular formula is C11H23I2NO4. The van der Waals surface area contributed by atoms with Gasteiger partial charge in [0.1, 0.15) is 13.2 Å². The molecule has 7 heteroatoms. The molecule has 0 radical (unpaired) electrons. The first-order chi connectivity index (χ1) is 7.95. The van der Waals surface area contributed by atoms with Crippen molar-refractivity contribution in [2.24, 2.45) is 0 Å². The number of quaternary nitrogens is 1. The second-order valence-electron chi connectivity index (χ2n) is 4.59. The van der Waals surface area contributed by atoms with E-state index >= 15 is 0 Å². The van der Waals surface area contributed by atoms with Crippen LogP contribution in [0.25, 0.3) is 0 Å². The second kappa shape index (κ2) is 12.8. The van der Waals surface area contributed by atoms with Gasteiger partial charge in [-0.2, -0.15) is 0 Å². The highest BCUT2D eigenvalue weighted by Crippen LogP contribution is 1.90. The van der Waals surface area contributed by atoms with E-state index in [0.717, 1.165) is 17.6 Å². The average molecular weight is 487 g/mol. The number of ether oxygens (including phenoxy) is 3. The quantitative estimate of drug-likeness (QED) is 0.115. The summed E-state index contributed by atoms with van der Waals surface area (Å²) >= 11 is 1.97. The highest BCUT2D eigenvalue weighted by Gasteiger charge is 2.05. The number of alkyl halides is 1. The van der Waals surface area contributed by atoms with Crippen molar-refractivity contribution in [1.82, 2.24) is 0 Å². The molecular weight excluding hydrogens is 464 g/mol.